The van der Waals surface area contributed by atoms with Crippen LogP contribution in [0, 0.1) is 5.92 Å². The van der Waals surface area contributed by atoms with Gasteiger partial charge in [0.05, 0.1) is 5.75 Å². The maximum atomic E-state index is 12.5. The van der Waals surface area contributed by atoms with E-state index in [1.54, 1.807) is 29.2 Å². The predicted octanol–water partition coefficient (Wildman–Crippen LogP) is 2.95. The summed E-state index contributed by atoms with van der Waals surface area (Å²) < 4.78 is 5.61. The van der Waals surface area contributed by atoms with Gasteiger partial charge >= 0.3 is 0 Å². The first-order valence-electron chi connectivity index (χ1n) is 9.39. The van der Waals surface area contributed by atoms with Crippen LogP contribution in [0.3, 0.4) is 0 Å². The molecule has 1 saturated carbocycles. The zero-order chi connectivity index (χ0) is 19.5. The number of aromatic nitrogens is 2. The Hall–Kier alpha value is -2.06. The Bertz CT molecular complexity index is 845. The van der Waals surface area contributed by atoms with Crippen LogP contribution < -0.4 is 0 Å². The number of halogens is 1. The van der Waals surface area contributed by atoms with E-state index in [2.05, 4.69) is 10.2 Å². The maximum absolute atomic E-state index is 12.5. The fourth-order valence-electron chi connectivity index (χ4n) is 3.28. The molecule has 1 aliphatic carbocycles. The Morgan fingerprint density at radius 3 is 2.39 bits per heavy atom. The van der Waals surface area contributed by atoms with E-state index in [0.29, 0.717) is 42.3 Å². The highest BCUT2D eigenvalue weighted by Gasteiger charge is 2.32. The van der Waals surface area contributed by atoms with Crippen molar-refractivity contribution >= 4 is 35.2 Å². The first-order chi connectivity index (χ1) is 13.6. The second kappa shape index (κ2) is 8.53. The van der Waals surface area contributed by atoms with Crippen LogP contribution in [-0.4, -0.2) is 63.7 Å². The van der Waals surface area contributed by atoms with Gasteiger partial charge in [0.1, 0.15) is 0 Å². The molecule has 0 N–H and O–H groups in total. The van der Waals surface area contributed by atoms with E-state index in [1.165, 1.54) is 11.8 Å². The molecule has 2 amide bonds. The van der Waals surface area contributed by atoms with Crippen LogP contribution in [0.2, 0.25) is 5.02 Å². The third-order valence-electron chi connectivity index (χ3n) is 5.22. The Balaban J connectivity index is 1.25. The highest BCUT2D eigenvalue weighted by molar-refractivity contribution is 7.99. The molecule has 2 fully saturated rings. The summed E-state index contributed by atoms with van der Waals surface area (Å²) in [5, 5.41) is 9.00. The van der Waals surface area contributed by atoms with Crippen LogP contribution in [0.4, 0.5) is 0 Å². The van der Waals surface area contributed by atoms with Crippen molar-refractivity contribution in [3.05, 3.63) is 29.3 Å². The second-order valence-corrected chi connectivity index (χ2v) is 8.37. The highest BCUT2D eigenvalue weighted by Crippen LogP contribution is 2.29. The molecule has 0 bridgehead atoms. The molecule has 4 rings (SSSR count). The van der Waals surface area contributed by atoms with E-state index in [0.717, 1.165) is 24.8 Å². The van der Waals surface area contributed by atoms with Crippen molar-refractivity contribution in [3.8, 4) is 11.5 Å². The number of nitrogens with zero attached hydrogens (tertiary/aromatic N) is 4. The molecule has 7 nitrogen and oxygen atoms in total. The number of hydrogen-bond donors (Lipinski definition) is 0. The quantitative estimate of drug-likeness (QED) is 0.692. The molecule has 28 heavy (non-hydrogen) atoms. The minimum atomic E-state index is 0.0204. The number of carbonyl (C=O) groups is 2. The SMILES string of the molecule is O=C(CSc1nnc(-c2ccc(Cl)cc2)o1)N1CCN(C(=O)C2CCC2)CC1. The predicted molar refractivity (Wildman–Crippen MR) is 106 cm³/mol. The van der Waals surface area contributed by atoms with Crippen molar-refractivity contribution in [3.63, 3.8) is 0 Å². The molecule has 2 aliphatic rings. The smallest absolute Gasteiger partial charge is 0.277 e. The van der Waals surface area contributed by atoms with Crippen LogP contribution in [0.5, 0.6) is 0 Å². The number of hydrogen-bond acceptors (Lipinski definition) is 6. The zero-order valence-electron chi connectivity index (χ0n) is 15.3. The molecular formula is C19H21ClN4O3S. The van der Waals surface area contributed by atoms with E-state index in [1.807, 2.05) is 4.90 Å². The van der Waals surface area contributed by atoms with Gasteiger partial charge in [-0.3, -0.25) is 9.59 Å². The summed E-state index contributed by atoms with van der Waals surface area (Å²) >= 11 is 7.11. The summed E-state index contributed by atoms with van der Waals surface area (Å²) in [5.41, 5.74) is 0.780. The lowest BCUT2D eigenvalue weighted by atomic mass is 9.84. The molecule has 1 aromatic carbocycles. The third kappa shape index (κ3) is 4.33. The van der Waals surface area contributed by atoms with Gasteiger partial charge < -0.3 is 14.2 Å². The summed E-state index contributed by atoms with van der Waals surface area (Å²) in [5.74, 6) is 1.12. The van der Waals surface area contributed by atoms with Crippen LogP contribution in [-0.2, 0) is 9.59 Å². The summed E-state index contributed by atoms with van der Waals surface area (Å²) in [6.07, 6.45) is 3.18. The maximum Gasteiger partial charge on any atom is 0.277 e. The molecule has 1 aliphatic heterocycles. The fourth-order valence-corrected chi connectivity index (χ4v) is 4.07. The van der Waals surface area contributed by atoms with E-state index < -0.39 is 0 Å². The first-order valence-corrected chi connectivity index (χ1v) is 10.8. The van der Waals surface area contributed by atoms with Gasteiger partial charge in [-0.05, 0) is 37.1 Å². The number of benzene rings is 1. The number of amides is 2. The van der Waals surface area contributed by atoms with Gasteiger partial charge in [0, 0.05) is 42.7 Å². The molecule has 148 valence electrons. The molecule has 0 spiro atoms. The molecule has 0 unspecified atom stereocenters. The van der Waals surface area contributed by atoms with Gasteiger partial charge in [0.25, 0.3) is 5.22 Å². The van der Waals surface area contributed by atoms with Gasteiger partial charge in [0.15, 0.2) is 0 Å². The van der Waals surface area contributed by atoms with E-state index >= 15 is 0 Å². The zero-order valence-corrected chi connectivity index (χ0v) is 16.9. The monoisotopic (exact) mass is 420 g/mol. The first kappa shape index (κ1) is 19.3. The molecule has 0 radical (unpaired) electrons. The Morgan fingerprint density at radius 2 is 1.75 bits per heavy atom. The Morgan fingerprint density at radius 1 is 1.07 bits per heavy atom. The van der Waals surface area contributed by atoms with Crippen LogP contribution in [0.15, 0.2) is 33.9 Å². The molecule has 2 aromatic rings. The van der Waals surface area contributed by atoms with E-state index in [4.69, 9.17) is 16.0 Å². The van der Waals surface area contributed by atoms with Crippen molar-refractivity contribution in [2.75, 3.05) is 31.9 Å². The highest BCUT2D eigenvalue weighted by atomic mass is 35.5. The lowest BCUT2D eigenvalue weighted by Gasteiger charge is -2.38. The van der Waals surface area contributed by atoms with Crippen LogP contribution >= 0.6 is 23.4 Å². The third-order valence-corrected chi connectivity index (χ3v) is 6.27. The standard InChI is InChI=1S/C19H21ClN4O3S/c20-15-6-4-13(5-7-15)17-21-22-19(27-17)28-12-16(25)23-8-10-24(11-9-23)18(26)14-2-1-3-14/h4-7,14H,1-3,8-12H2. The Kier molecular flexibility index (Phi) is 5.87. The van der Waals surface area contributed by atoms with Crippen molar-refractivity contribution in [1.82, 2.24) is 20.0 Å². The van der Waals surface area contributed by atoms with Crippen LogP contribution in [0.1, 0.15) is 19.3 Å². The number of thioether (sulfide) groups is 1. The molecule has 1 saturated heterocycles. The largest absolute Gasteiger partial charge is 0.411 e. The lowest BCUT2D eigenvalue weighted by Crippen LogP contribution is -2.53. The van der Waals surface area contributed by atoms with Gasteiger partial charge in [-0.25, -0.2) is 0 Å². The second-order valence-electron chi connectivity index (χ2n) is 7.00. The summed E-state index contributed by atoms with van der Waals surface area (Å²) in [6.45, 7) is 2.40. The fraction of sp³-hybridized carbons (Fsp3) is 0.474. The molecule has 0 atom stereocenters. The minimum Gasteiger partial charge on any atom is -0.411 e. The van der Waals surface area contributed by atoms with E-state index in [9.17, 15) is 9.59 Å². The van der Waals surface area contributed by atoms with Crippen molar-refractivity contribution < 1.29 is 14.0 Å². The summed E-state index contributed by atoms with van der Waals surface area (Å²) in [7, 11) is 0. The minimum absolute atomic E-state index is 0.0204. The number of carbonyl (C=O) groups excluding carboxylic acids is 2. The summed E-state index contributed by atoms with van der Waals surface area (Å²) in [4.78, 5) is 28.4. The normalized spacial score (nSPS) is 17.5. The van der Waals surface area contributed by atoms with Crippen molar-refractivity contribution in [2.45, 2.75) is 24.5 Å². The summed E-state index contributed by atoms with van der Waals surface area (Å²) in [6, 6.07) is 7.12. The topological polar surface area (TPSA) is 79.5 Å². The van der Waals surface area contributed by atoms with Crippen molar-refractivity contribution in [2.24, 2.45) is 5.92 Å². The average Bonchev–Trinajstić information content (AvgIpc) is 3.14. The van der Waals surface area contributed by atoms with Gasteiger partial charge in [-0.15, -0.1) is 10.2 Å². The Labute approximate surface area is 172 Å². The molecular weight excluding hydrogens is 400 g/mol. The number of rotatable bonds is 5. The van der Waals surface area contributed by atoms with E-state index in [-0.39, 0.29) is 23.5 Å². The molecule has 1 aromatic heterocycles. The lowest BCUT2D eigenvalue weighted by molar-refractivity contribution is -0.143. The molecule has 9 heteroatoms. The van der Waals surface area contributed by atoms with Gasteiger partial charge in [-0.2, -0.15) is 0 Å². The van der Waals surface area contributed by atoms with Gasteiger partial charge in [0.2, 0.25) is 17.7 Å². The van der Waals surface area contributed by atoms with Crippen molar-refractivity contribution in [1.29, 1.82) is 0 Å². The van der Waals surface area contributed by atoms with Crippen LogP contribution in [0.25, 0.3) is 11.5 Å². The average molecular weight is 421 g/mol. The number of piperazine rings is 1. The molecule has 2 heterocycles. The van der Waals surface area contributed by atoms with Gasteiger partial charge in [-0.1, -0.05) is 29.8 Å².